The lowest BCUT2D eigenvalue weighted by molar-refractivity contribution is -0.133. The minimum atomic E-state index is -0.426. The first-order chi connectivity index (χ1) is 15.9. The number of aryl methyl sites for hydroxylation is 1. The van der Waals surface area contributed by atoms with Gasteiger partial charge in [0.15, 0.2) is 0 Å². The zero-order valence-electron chi connectivity index (χ0n) is 20.1. The second-order valence-electron chi connectivity index (χ2n) is 9.70. The molecule has 3 aromatic rings. The predicted octanol–water partition coefficient (Wildman–Crippen LogP) is 4.43. The van der Waals surface area contributed by atoms with Crippen molar-refractivity contribution in [3.8, 4) is 11.3 Å². The van der Waals surface area contributed by atoms with Crippen molar-refractivity contribution in [3.05, 3.63) is 53.3 Å². The summed E-state index contributed by atoms with van der Waals surface area (Å²) in [5, 5.41) is 1.30. The monoisotopic (exact) mass is 447 g/mol. The lowest BCUT2D eigenvalue weighted by Crippen LogP contribution is -2.47. The van der Waals surface area contributed by atoms with Crippen molar-refractivity contribution in [1.29, 1.82) is 0 Å². The maximum absolute atomic E-state index is 12.7. The fourth-order valence-electron chi connectivity index (χ4n) is 5.14. The number of carbonyl (C=O) groups is 1. The van der Waals surface area contributed by atoms with Crippen LogP contribution in [0.5, 0.6) is 0 Å². The molecule has 1 aliphatic heterocycles. The third-order valence-corrected chi connectivity index (χ3v) is 6.94. The fraction of sp³-hybridized carbons (Fsp3) is 0.481. The third kappa shape index (κ3) is 4.97. The highest BCUT2D eigenvalue weighted by Crippen LogP contribution is 2.38. The van der Waals surface area contributed by atoms with Crippen molar-refractivity contribution in [2.45, 2.75) is 64.3 Å². The van der Waals surface area contributed by atoms with Gasteiger partial charge in [0.1, 0.15) is 0 Å². The van der Waals surface area contributed by atoms with E-state index in [9.17, 15) is 4.79 Å². The van der Waals surface area contributed by atoms with Gasteiger partial charge in [0.25, 0.3) is 0 Å². The second-order valence-corrected chi connectivity index (χ2v) is 9.70. The number of piperidine rings is 1. The van der Waals surface area contributed by atoms with Gasteiger partial charge in [-0.15, -0.1) is 0 Å². The SMILES string of the molecule is Cc1cc(-c2[nH]c3ccc(C4CCN(C(=O)C(N)CCCN)CC4)cc3c2C(C)C)ccn1. The van der Waals surface area contributed by atoms with Crippen LogP contribution in [0.25, 0.3) is 22.2 Å². The minimum absolute atomic E-state index is 0.0716. The van der Waals surface area contributed by atoms with Gasteiger partial charge in [0, 0.05) is 41.4 Å². The summed E-state index contributed by atoms with van der Waals surface area (Å²) in [5.41, 5.74) is 18.9. The van der Waals surface area contributed by atoms with Crippen molar-refractivity contribution in [2.24, 2.45) is 11.5 Å². The van der Waals surface area contributed by atoms with E-state index < -0.39 is 6.04 Å². The van der Waals surface area contributed by atoms with E-state index in [0.29, 0.717) is 24.8 Å². The summed E-state index contributed by atoms with van der Waals surface area (Å²) >= 11 is 0. The fourth-order valence-corrected chi connectivity index (χ4v) is 5.14. The molecule has 5 N–H and O–H groups in total. The second kappa shape index (κ2) is 10.1. The first-order valence-electron chi connectivity index (χ1n) is 12.2. The number of amides is 1. The quantitative estimate of drug-likeness (QED) is 0.498. The van der Waals surface area contributed by atoms with Gasteiger partial charge in [-0.25, -0.2) is 0 Å². The number of nitrogens with zero attached hydrogens (tertiary/aromatic N) is 2. The summed E-state index contributed by atoms with van der Waals surface area (Å²) in [5.74, 6) is 0.926. The Morgan fingerprint density at radius 3 is 2.64 bits per heavy atom. The summed E-state index contributed by atoms with van der Waals surface area (Å²) in [6.45, 7) is 8.65. The number of pyridine rings is 1. The number of nitrogens with two attached hydrogens (primary N) is 2. The molecule has 1 saturated heterocycles. The lowest BCUT2D eigenvalue weighted by atomic mass is 9.87. The first-order valence-corrected chi connectivity index (χ1v) is 12.2. The van der Waals surface area contributed by atoms with Crippen molar-refractivity contribution in [3.63, 3.8) is 0 Å². The van der Waals surface area contributed by atoms with Crippen molar-refractivity contribution < 1.29 is 4.79 Å². The van der Waals surface area contributed by atoms with E-state index >= 15 is 0 Å². The molecule has 0 spiro atoms. The number of aromatic amines is 1. The van der Waals surface area contributed by atoms with Crippen LogP contribution in [0.3, 0.4) is 0 Å². The number of fused-ring (bicyclic) bond motifs is 1. The summed E-state index contributed by atoms with van der Waals surface area (Å²) < 4.78 is 0. The molecule has 1 amide bonds. The molecule has 2 aromatic heterocycles. The predicted molar refractivity (Wildman–Crippen MR) is 135 cm³/mol. The van der Waals surface area contributed by atoms with E-state index in [-0.39, 0.29) is 5.91 Å². The number of hydrogen-bond donors (Lipinski definition) is 3. The topological polar surface area (TPSA) is 101 Å². The number of hydrogen-bond acceptors (Lipinski definition) is 4. The molecular formula is C27H37N5O. The highest BCUT2D eigenvalue weighted by molar-refractivity contribution is 5.92. The van der Waals surface area contributed by atoms with E-state index in [1.165, 1.54) is 33.3 Å². The molecule has 6 nitrogen and oxygen atoms in total. The van der Waals surface area contributed by atoms with Gasteiger partial charge in [0.05, 0.1) is 11.7 Å². The summed E-state index contributed by atoms with van der Waals surface area (Å²) in [4.78, 5) is 22.6. The van der Waals surface area contributed by atoms with Crippen LogP contribution in [0.2, 0.25) is 0 Å². The number of nitrogens with one attached hydrogen (secondary N) is 1. The van der Waals surface area contributed by atoms with Crippen molar-refractivity contribution in [2.75, 3.05) is 19.6 Å². The van der Waals surface area contributed by atoms with E-state index in [2.05, 4.69) is 54.1 Å². The molecule has 6 heteroatoms. The lowest BCUT2D eigenvalue weighted by Gasteiger charge is -2.33. The summed E-state index contributed by atoms with van der Waals surface area (Å²) in [6.07, 6.45) is 5.27. The van der Waals surface area contributed by atoms with Gasteiger partial charge in [-0.2, -0.15) is 0 Å². The average molecular weight is 448 g/mol. The normalized spacial score (nSPS) is 16.0. The molecule has 1 atom stereocenters. The molecular weight excluding hydrogens is 410 g/mol. The average Bonchev–Trinajstić information content (AvgIpc) is 3.21. The van der Waals surface area contributed by atoms with Gasteiger partial charge in [-0.3, -0.25) is 9.78 Å². The molecule has 0 bridgehead atoms. The molecule has 1 aliphatic rings. The Balaban J connectivity index is 1.55. The van der Waals surface area contributed by atoms with Crippen LogP contribution >= 0.6 is 0 Å². The van der Waals surface area contributed by atoms with Crippen molar-refractivity contribution in [1.82, 2.24) is 14.9 Å². The van der Waals surface area contributed by atoms with Gasteiger partial charge in [-0.1, -0.05) is 19.9 Å². The molecule has 1 fully saturated rings. The number of H-pyrrole nitrogens is 1. The molecule has 1 unspecified atom stereocenters. The number of carbonyl (C=O) groups excluding carboxylic acids is 1. The van der Waals surface area contributed by atoms with Gasteiger partial charge in [-0.05, 0) is 86.4 Å². The van der Waals surface area contributed by atoms with E-state index in [4.69, 9.17) is 11.5 Å². The molecule has 1 aromatic carbocycles. The summed E-state index contributed by atoms with van der Waals surface area (Å²) in [7, 11) is 0. The standard InChI is InChI=1S/C27H37N5O/c1-17(2)25-22-16-20(6-7-24(22)31-26(25)21-8-12-30-18(3)15-21)19-9-13-32(14-10-19)27(33)23(29)5-4-11-28/h6-8,12,15-17,19,23,31H,4-5,9-11,13-14,28-29H2,1-3H3. The van der Waals surface area contributed by atoms with E-state index in [1.54, 1.807) is 0 Å². The number of likely N-dealkylation sites (tertiary alicyclic amines) is 1. The maximum atomic E-state index is 12.7. The van der Waals surface area contributed by atoms with Crippen LogP contribution in [0.4, 0.5) is 0 Å². The minimum Gasteiger partial charge on any atom is -0.354 e. The molecule has 0 radical (unpaired) electrons. The highest BCUT2D eigenvalue weighted by Gasteiger charge is 2.27. The number of aromatic nitrogens is 2. The largest absolute Gasteiger partial charge is 0.354 e. The third-order valence-electron chi connectivity index (χ3n) is 6.94. The molecule has 176 valence electrons. The van der Waals surface area contributed by atoms with Gasteiger partial charge < -0.3 is 21.4 Å². The van der Waals surface area contributed by atoms with Gasteiger partial charge >= 0.3 is 0 Å². The Morgan fingerprint density at radius 1 is 1.21 bits per heavy atom. The first kappa shape index (κ1) is 23.5. The number of rotatable bonds is 7. The smallest absolute Gasteiger partial charge is 0.239 e. The highest BCUT2D eigenvalue weighted by atomic mass is 16.2. The van der Waals surface area contributed by atoms with Gasteiger partial charge in [0.2, 0.25) is 5.91 Å². The Labute approximate surface area is 196 Å². The van der Waals surface area contributed by atoms with Crippen molar-refractivity contribution >= 4 is 16.8 Å². The molecule has 33 heavy (non-hydrogen) atoms. The Morgan fingerprint density at radius 2 is 1.97 bits per heavy atom. The number of benzene rings is 1. The van der Waals surface area contributed by atoms with Crippen LogP contribution < -0.4 is 11.5 Å². The van der Waals surface area contributed by atoms with Crippen LogP contribution in [-0.2, 0) is 4.79 Å². The molecule has 4 rings (SSSR count). The Bertz CT molecular complexity index is 1110. The Hall–Kier alpha value is -2.70. The van der Waals surface area contributed by atoms with E-state index in [1.807, 2.05) is 18.0 Å². The zero-order chi connectivity index (χ0) is 23.5. The van der Waals surface area contributed by atoms with E-state index in [0.717, 1.165) is 38.0 Å². The maximum Gasteiger partial charge on any atom is 0.239 e. The van der Waals surface area contributed by atoms with Crippen LogP contribution in [0.15, 0.2) is 36.5 Å². The molecule has 0 saturated carbocycles. The molecule has 0 aliphatic carbocycles. The van der Waals surface area contributed by atoms with Crippen LogP contribution in [-0.4, -0.2) is 46.5 Å². The Kier molecular flexibility index (Phi) is 7.15. The van der Waals surface area contributed by atoms with Crippen LogP contribution in [0.1, 0.15) is 68.2 Å². The zero-order valence-corrected chi connectivity index (χ0v) is 20.1. The summed E-state index contributed by atoms with van der Waals surface area (Å²) in [6, 6.07) is 10.6. The van der Waals surface area contributed by atoms with Crippen LogP contribution in [0, 0.1) is 6.92 Å². The molecule has 3 heterocycles.